The molecule has 0 aromatic carbocycles. The fourth-order valence-electron chi connectivity index (χ4n) is 1.20. The molecule has 1 atom stereocenters. The first-order valence-electron chi connectivity index (χ1n) is 4.23. The molecule has 94 valence electrons. The molecule has 0 saturated carbocycles. The summed E-state index contributed by atoms with van der Waals surface area (Å²) in [7, 11) is -8.33. The van der Waals surface area contributed by atoms with Gasteiger partial charge in [0.25, 0.3) is 5.91 Å². The van der Waals surface area contributed by atoms with E-state index in [1.54, 1.807) is 0 Å². The second-order valence-electron chi connectivity index (χ2n) is 3.31. The Morgan fingerprint density at radius 1 is 1.31 bits per heavy atom. The number of nitrogens with zero attached hydrogens (tertiary/aromatic N) is 1. The average Bonchev–Trinajstić information content (AvgIpc) is 2.14. The lowest BCUT2D eigenvalue weighted by atomic mass is 10.4. The summed E-state index contributed by atoms with van der Waals surface area (Å²) in [6, 6.07) is 0. The molecule has 1 N–H and O–H groups in total. The van der Waals surface area contributed by atoms with E-state index in [1.165, 1.54) is 0 Å². The van der Waals surface area contributed by atoms with Crippen LogP contribution in [0.2, 0.25) is 0 Å². The molecule has 0 aromatic heterocycles. The third-order valence-electron chi connectivity index (χ3n) is 2.11. The van der Waals surface area contributed by atoms with E-state index in [-0.39, 0.29) is 24.6 Å². The van der Waals surface area contributed by atoms with Crippen LogP contribution in [0.25, 0.3) is 0 Å². The average molecular weight is 275 g/mol. The summed E-state index contributed by atoms with van der Waals surface area (Å²) in [5.74, 6) is -2.11. The van der Waals surface area contributed by atoms with Crippen molar-refractivity contribution in [3.05, 3.63) is 0 Å². The maximum atomic E-state index is 12.9. The topological polar surface area (TPSA) is 109 Å². The Hall–Kier alpha value is -0.740. The Kier molecular flexibility index (Phi) is 3.55. The van der Waals surface area contributed by atoms with Gasteiger partial charge in [-0.25, -0.2) is 12.8 Å². The van der Waals surface area contributed by atoms with Crippen LogP contribution >= 0.6 is 0 Å². The maximum Gasteiger partial charge on any atom is 0.307 e. The van der Waals surface area contributed by atoms with E-state index in [9.17, 15) is 26.0 Å². The number of hydrogen-bond donors (Lipinski definition) is 1. The Balaban J connectivity index is 2.72. The number of hydrogen-bond acceptors (Lipinski definition) is 5. The van der Waals surface area contributed by atoms with Crippen LogP contribution in [0.1, 0.15) is 0 Å². The zero-order valence-corrected chi connectivity index (χ0v) is 9.67. The minimum absolute atomic E-state index is 0.267. The Bertz CT molecular complexity index is 469. The first-order chi connectivity index (χ1) is 7.13. The Morgan fingerprint density at radius 2 is 1.75 bits per heavy atom. The highest BCUT2D eigenvalue weighted by molar-refractivity contribution is 7.91. The number of amides is 1. The monoisotopic (exact) mass is 275 g/mol. The van der Waals surface area contributed by atoms with Crippen LogP contribution in [0, 0.1) is 0 Å². The predicted molar refractivity (Wildman–Crippen MR) is 51.7 cm³/mol. The number of carbonyl (C=O) groups excluding carboxylic acids is 1. The number of halogens is 1. The van der Waals surface area contributed by atoms with Crippen LogP contribution in [0.3, 0.4) is 0 Å². The van der Waals surface area contributed by atoms with Gasteiger partial charge in [0.05, 0.1) is 11.5 Å². The van der Waals surface area contributed by atoms with E-state index in [4.69, 9.17) is 4.55 Å². The first kappa shape index (κ1) is 13.3. The highest BCUT2D eigenvalue weighted by Gasteiger charge is 2.36. The summed E-state index contributed by atoms with van der Waals surface area (Å²) in [6.07, 6.45) is 0. The van der Waals surface area contributed by atoms with Crippen molar-refractivity contribution in [2.45, 2.75) is 5.50 Å². The second kappa shape index (κ2) is 4.26. The SMILES string of the molecule is O=C(C(F)S(=O)(=O)O)N1CCS(=O)(=O)CC1. The quantitative estimate of drug-likeness (QED) is 0.610. The standard InChI is InChI=1S/C6H10FNO6S2/c7-5(16(12,13)14)6(9)8-1-3-15(10,11)4-2-8/h5H,1-4H2,(H,12,13,14). The number of carbonyl (C=O) groups is 1. The molecule has 1 amide bonds. The molecule has 0 aliphatic carbocycles. The van der Waals surface area contributed by atoms with Gasteiger partial charge < -0.3 is 4.90 Å². The molecule has 0 spiro atoms. The van der Waals surface area contributed by atoms with Crippen molar-refractivity contribution in [1.82, 2.24) is 4.90 Å². The van der Waals surface area contributed by atoms with E-state index >= 15 is 0 Å². The van der Waals surface area contributed by atoms with Crippen LogP contribution in [-0.4, -0.2) is 62.3 Å². The summed E-state index contributed by atoms with van der Waals surface area (Å²) < 4.78 is 63.9. The molecule has 1 aliphatic rings. The molecular formula is C6H10FNO6S2. The van der Waals surface area contributed by atoms with Crippen molar-refractivity contribution in [2.75, 3.05) is 24.6 Å². The van der Waals surface area contributed by atoms with Crippen molar-refractivity contribution in [3.8, 4) is 0 Å². The van der Waals surface area contributed by atoms with Gasteiger partial charge in [-0.1, -0.05) is 0 Å². The number of alkyl halides is 1. The van der Waals surface area contributed by atoms with Crippen LogP contribution < -0.4 is 0 Å². The molecule has 7 nitrogen and oxygen atoms in total. The normalized spacial score (nSPS) is 22.8. The molecule has 1 saturated heterocycles. The Morgan fingerprint density at radius 3 is 2.12 bits per heavy atom. The second-order valence-corrected chi connectivity index (χ2v) is 7.06. The molecule has 1 fully saturated rings. The van der Waals surface area contributed by atoms with Gasteiger partial charge in [-0.05, 0) is 0 Å². The highest BCUT2D eigenvalue weighted by atomic mass is 32.2. The molecule has 16 heavy (non-hydrogen) atoms. The van der Waals surface area contributed by atoms with Crippen LogP contribution in [0.4, 0.5) is 4.39 Å². The lowest BCUT2D eigenvalue weighted by Gasteiger charge is -2.27. The third-order valence-corrected chi connectivity index (χ3v) is 4.45. The molecule has 0 aromatic rings. The first-order valence-corrected chi connectivity index (χ1v) is 7.55. The molecule has 1 unspecified atom stereocenters. The molecule has 1 rings (SSSR count). The molecular weight excluding hydrogens is 265 g/mol. The zero-order valence-electron chi connectivity index (χ0n) is 8.04. The summed E-state index contributed by atoms with van der Waals surface area (Å²) >= 11 is 0. The van der Waals surface area contributed by atoms with E-state index in [2.05, 4.69) is 0 Å². The lowest BCUT2D eigenvalue weighted by molar-refractivity contribution is -0.133. The van der Waals surface area contributed by atoms with Gasteiger partial charge in [0.15, 0.2) is 9.84 Å². The predicted octanol–water partition coefficient (Wildman–Crippen LogP) is -1.57. The third kappa shape index (κ3) is 3.12. The van der Waals surface area contributed by atoms with E-state index in [1.807, 2.05) is 0 Å². The van der Waals surface area contributed by atoms with Gasteiger partial charge in [-0.15, -0.1) is 0 Å². The van der Waals surface area contributed by atoms with Crippen molar-refractivity contribution in [3.63, 3.8) is 0 Å². The maximum absolute atomic E-state index is 12.9. The summed E-state index contributed by atoms with van der Waals surface area (Å²) in [4.78, 5) is 11.9. The van der Waals surface area contributed by atoms with E-state index in [0.717, 1.165) is 4.90 Å². The molecule has 10 heteroatoms. The van der Waals surface area contributed by atoms with Gasteiger partial charge in [-0.2, -0.15) is 8.42 Å². The number of sulfone groups is 1. The van der Waals surface area contributed by atoms with Gasteiger partial charge in [-0.3, -0.25) is 9.35 Å². The summed E-state index contributed by atoms with van der Waals surface area (Å²) in [5, 5.41) is 0. The van der Waals surface area contributed by atoms with Gasteiger partial charge >= 0.3 is 15.6 Å². The summed E-state index contributed by atoms with van der Waals surface area (Å²) in [6.45, 7) is -0.534. The summed E-state index contributed by atoms with van der Waals surface area (Å²) in [5.41, 5.74) is -3.05. The van der Waals surface area contributed by atoms with Gasteiger partial charge in [0.1, 0.15) is 0 Å². The van der Waals surface area contributed by atoms with Crippen molar-refractivity contribution >= 4 is 25.9 Å². The smallest absolute Gasteiger partial charge is 0.307 e. The minimum atomic E-state index is -5.09. The van der Waals surface area contributed by atoms with Crippen molar-refractivity contribution in [2.24, 2.45) is 0 Å². The largest absolute Gasteiger partial charge is 0.337 e. The molecule has 0 bridgehead atoms. The number of rotatable bonds is 2. The Labute approximate surface area is 91.9 Å². The van der Waals surface area contributed by atoms with Gasteiger partial charge in [0, 0.05) is 13.1 Å². The van der Waals surface area contributed by atoms with Crippen LogP contribution in [0.5, 0.6) is 0 Å². The van der Waals surface area contributed by atoms with Gasteiger partial charge in [0.2, 0.25) is 0 Å². The van der Waals surface area contributed by atoms with E-state index < -0.39 is 31.4 Å². The van der Waals surface area contributed by atoms with Crippen LogP contribution in [-0.2, 0) is 24.7 Å². The van der Waals surface area contributed by atoms with E-state index in [0.29, 0.717) is 0 Å². The van der Waals surface area contributed by atoms with Crippen molar-refractivity contribution < 1.29 is 30.6 Å². The molecule has 1 heterocycles. The van der Waals surface area contributed by atoms with Crippen LogP contribution in [0.15, 0.2) is 0 Å². The fraction of sp³-hybridized carbons (Fsp3) is 0.833. The molecule has 0 radical (unpaired) electrons. The molecule has 1 aliphatic heterocycles. The zero-order chi connectivity index (χ0) is 12.6. The lowest BCUT2D eigenvalue weighted by Crippen LogP contribution is -2.48. The fourth-order valence-corrected chi connectivity index (χ4v) is 2.81. The van der Waals surface area contributed by atoms with Crippen molar-refractivity contribution in [1.29, 1.82) is 0 Å². The minimum Gasteiger partial charge on any atom is -0.337 e. The highest BCUT2D eigenvalue weighted by Crippen LogP contribution is 2.10.